The Kier molecular flexibility index (Phi) is 5.32. The second-order valence-electron chi connectivity index (χ2n) is 6.74. The summed E-state index contributed by atoms with van der Waals surface area (Å²) < 4.78 is 18.6. The van der Waals surface area contributed by atoms with Gasteiger partial charge in [-0.25, -0.2) is 14.2 Å². The average molecular weight is 416 g/mol. The Morgan fingerprint density at radius 3 is 2.23 bits per heavy atom. The third-order valence-corrected chi connectivity index (χ3v) is 4.75. The van der Waals surface area contributed by atoms with E-state index in [-0.39, 0.29) is 17.2 Å². The minimum absolute atomic E-state index is 0.148. The smallest absolute Gasteiger partial charge is 0.335 e. The fourth-order valence-corrected chi connectivity index (χ4v) is 3.16. The zero-order chi connectivity index (χ0) is 22.0. The van der Waals surface area contributed by atoms with Gasteiger partial charge in [0.2, 0.25) is 0 Å². The average Bonchev–Trinajstić information content (AvgIpc) is 3.10. The number of hydrogen-bond donors (Lipinski definition) is 1. The molecule has 1 heterocycles. The predicted molar refractivity (Wildman–Crippen MR) is 115 cm³/mol. The molecular formula is C24H17FN2O4. The van der Waals surface area contributed by atoms with Crippen LogP contribution in [0.25, 0.3) is 6.08 Å². The number of amides is 1. The predicted octanol–water partition coefficient (Wildman–Crippen LogP) is 4.37. The Labute approximate surface area is 177 Å². The van der Waals surface area contributed by atoms with Gasteiger partial charge in [-0.1, -0.05) is 12.1 Å². The van der Waals surface area contributed by atoms with Crippen LogP contribution in [0.4, 0.5) is 10.1 Å². The quantitative estimate of drug-likeness (QED) is 0.627. The van der Waals surface area contributed by atoms with Crippen LogP contribution in [0.1, 0.15) is 21.5 Å². The van der Waals surface area contributed by atoms with Crippen LogP contribution in [-0.2, 0) is 4.79 Å². The largest absolute Gasteiger partial charge is 0.497 e. The number of ether oxygens (including phenoxy) is 1. The van der Waals surface area contributed by atoms with E-state index in [1.54, 1.807) is 49.6 Å². The summed E-state index contributed by atoms with van der Waals surface area (Å²) in [5, 5.41) is 9.05. The highest BCUT2D eigenvalue weighted by atomic mass is 19.1. The first kappa shape index (κ1) is 20.0. The van der Waals surface area contributed by atoms with E-state index in [1.807, 2.05) is 0 Å². The van der Waals surface area contributed by atoms with Gasteiger partial charge in [0.25, 0.3) is 5.91 Å². The van der Waals surface area contributed by atoms with Crippen LogP contribution in [0.2, 0.25) is 0 Å². The van der Waals surface area contributed by atoms with Crippen LogP contribution < -0.4 is 9.64 Å². The van der Waals surface area contributed by atoms with Crippen molar-refractivity contribution in [2.75, 3.05) is 12.0 Å². The first-order valence-electron chi connectivity index (χ1n) is 9.34. The van der Waals surface area contributed by atoms with Gasteiger partial charge >= 0.3 is 5.97 Å². The number of aliphatic imine (C=N–C) groups is 1. The monoisotopic (exact) mass is 416 g/mol. The molecule has 31 heavy (non-hydrogen) atoms. The molecule has 3 aromatic carbocycles. The van der Waals surface area contributed by atoms with Crippen molar-refractivity contribution in [2.45, 2.75) is 0 Å². The van der Waals surface area contributed by atoms with Crippen molar-refractivity contribution < 1.29 is 23.8 Å². The highest BCUT2D eigenvalue weighted by molar-refractivity contribution is 6.33. The zero-order valence-electron chi connectivity index (χ0n) is 16.4. The van der Waals surface area contributed by atoms with Gasteiger partial charge in [-0.2, -0.15) is 0 Å². The van der Waals surface area contributed by atoms with Crippen LogP contribution in [0.15, 0.2) is 83.5 Å². The number of amidine groups is 1. The summed E-state index contributed by atoms with van der Waals surface area (Å²) in [5.41, 5.74) is 2.12. The first-order chi connectivity index (χ1) is 15.0. The van der Waals surface area contributed by atoms with Gasteiger partial charge < -0.3 is 9.84 Å². The molecule has 1 aliphatic rings. The number of halogens is 1. The number of nitrogens with zero attached hydrogens (tertiary/aromatic N) is 2. The molecule has 0 spiro atoms. The number of carbonyl (C=O) groups excluding carboxylic acids is 1. The fourth-order valence-electron chi connectivity index (χ4n) is 3.16. The molecule has 0 fully saturated rings. The van der Waals surface area contributed by atoms with Crippen molar-refractivity contribution in [3.63, 3.8) is 0 Å². The van der Waals surface area contributed by atoms with Crippen molar-refractivity contribution in [1.29, 1.82) is 0 Å². The number of hydrogen-bond acceptors (Lipinski definition) is 4. The lowest BCUT2D eigenvalue weighted by Crippen LogP contribution is -2.32. The second-order valence-corrected chi connectivity index (χ2v) is 6.74. The molecule has 6 nitrogen and oxygen atoms in total. The highest BCUT2D eigenvalue weighted by Gasteiger charge is 2.32. The first-order valence-corrected chi connectivity index (χ1v) is 9.34. The number of benzene rings is 3. The van der Waals surface area contributed by atoms with Crippen molar-refractivity contribution >= 4 is 29.5 Å². The minimum Gasteiger partial charge on any atom is -0.497 e. The molecule has 7 heteroatoms. The summed E-state index contributed by atoms with van der Waals surface area (Å²) in [6, 6.07) is 18.8. The van der Waals surface area contributed by atoms with Crippen LogP contribution in [-0.4, -0.2) is 29.9 Å². The van der Waals surface area contributed by atoms with Crippen LogP contribution in [0.3, 0.4) is 0 Å². The summed E-state index contributed by atoms with van der Waals surface area (Å²) in [7, 11) is 1.56. The van der Waals surface area contributed by atoms with Crippen molar-refractivity contribution in [3.8, 4) is 5.75 Å². The number of carbonyl (C=O) groups is 2. The molecule has 1 aliphatic heterocycles. The molecule has 154 valence electrons. The van der Waals surface area contributed by atoms with Gasteiger partial charge in [0, 0.05) is 5.56 Å². The van der Waals surface area contributed by atoms with Crippen LogP contribution >= 0.6 is 0 Å². The summed E-state index contributed by atoms with van der Waals surface area (Å²) in [6.07, 6.45) is 1.58. The number of methoxy groups -OCH3 is 1. The Morgan fingerprint density at radius 2 is 1.65 bits per heavy atom. The third kappa shape index (κ3) is 4.06. The molecule has 0 saturated carbocycles. The summed E-state index contributed by atoms with van der Waals surface area (Å²) in [6.45, 7) is 0. The van der Waals surface area contributed by atoms with Gasteiger partial charge in [0.05, 0.1) is 18.4 Å². The van der Waals surface area contributed by atoms with Gasteiger partial charge in [-0.3, -0.25) is 9.69 Å². The molecule has 0 aliphatic carbocycles. The number of carboxylic acid groups (broad SMARTS) is 1. The van der Waals surface area contributed by atoms with Crippen LogP contribution in [0, 0.1) is 5.82 Å². The van der Waals surface area contributed by atoms with E-state index in [0.717, 1.165) is 0 Å². The maximum Gasteiger partial charge on any atom is 0.335 e. The lowest BCUT2D eigenvalue weighted by atomic mass is 10.1. The number of rotatable bonds is 5. The van der Waals surface area contributed by atoms with Crippen molar-refractivity contribution in [2.24, 2.45) is 4.99 Å². The van der Waals surface area contributed by atoms with E-state index < -0.39 is 11.8 Å². The number of anilines is 1. The SMILES string of the molecule is COc1ccc(C2=N/C(=C/c3ccc(C(=O)O)cc3)C(=O)N2c2ccc(F)cc2)cc1. The molecule has 4 rings (SSSR count). The van der Waals surface area contributed by atoms with E-state index >= 15 is 0 Å². The maximum absolute atomic E-state index is 13.4. The molecule has 3 aromatic rings. The Hall–Kier alpha value is -4.26. The Balaban J connectivity index is 1.77. The fraction of sp³-hybridized carbons (Fsp3) is 0.0417. The summed E-state index contributed by atoms with van der Waals surface area (Å²) in [4.78, 5) is 30.2. The molecule has 1 amide bonds. The van der Waals surface area contributed by atoms with Gasteiger partial charge in [0.1, 0.15) is 23.1 Å². The molecule has 0 unspecified atom stereocenters. The van der Waals surface area contributed by atoms with E-state index in [1.165, 1.54) is 41.3 Å². The van der Waals surface area contributed by atoms with E-state index in [2.05, 4.69) is 4.99 Å². The van der Waals surface area contributed by atoms with Crippen LogP contribution in [0.5, 0.6) is 5.75 Å². The molecular weight excluding hydrogens is 399 g/mol. The Bertz CT molecular complexity index is 1200. The summed E-state index contributed by atoms with van der Waals surface area (Å²) in [5.74, 6) is -0.755. The zero-order valence-corrected chi connectivity index (χ0v) is 16.4. The number of carboxylic acids is 1. The highest BCUT2D eigenvalue weighted by Crippen LogP contribution is 2.28. The molecule has 0 bridgehead atoms. The standard InChI is InChI=1S/C24H17FN2O4/c1-31-20-12-6-16(7-13-20)22-26-21(14-15-2-4-17(5-3-15)24(29)30)23(28)27(22)19-10-8-18(25)9-11-19/h2-14H,1H3,(H,29,30)/b21-14+. The van der Waals surface area contributed by atoms with E-state index in [4.69, 9.17) is 9.84 Å². The van der Waals surface area contributed by atoms with Gasteiger partial charge in [-0.15, -0.1) is 0 Å². The van der Waals surface area contributed by atoms with Gasteiger partial charge in [0.15, 0.2) is 0 Å². The molecule has 0 atom stereocenters. The van der Waals surface area contributed by atoms with Gasteiger partial charge in [-0.05, 0) is 72.3 Å². The topological polar surface area (TPSA) is 79.2 Å². The number of aromatic carboxylic acids is 1. The van der Waals surface area contributed by atoms with E-state index in [9.17, 15) is 14.0 Å². The second kappa shape index (κ2) is 8.23. The maximum atomic E-state index is 13.4. The van der Waals surface area contributed by atoms with E-state index in [0.29, 0.717) is 28.4 Å². The van der Waals surface area contributed by atoms with Crippen molar-refractivity contribution in [3.05, 3.63) is 101 Å². The lowest BCUT2D eigenvalue weighted by molar-refractivity contribution is -0.113. The third-order valence-electron chi connectivity index (χ3n) is 4.75. The molecule has 0 radical (unpaired) electrons. The normalized spacial score (nSPS) is 14.6. The summed E-state index contributed by atoms with van der Waals surface area (Å²) >= 11 is 0. The minimum atomic E-state index is -1.03. The molecule has 1 N–H and O–H groups in total. The molecule has 0 saturated heterocycles. The lowest BCUT2D eigenvalue weighted by Gasteiger charge is -2.18. The molecule has 0 aromatic heterocycles. The Morgan fingerprint density at radius 1 is 1.00 bits per heavy atom. The van der Waals surface area contributed by atoms with Crippen molar-refractivity contribution in [1.82, 2.24) is 0 Å².